The molecule has 0 radical (unpaired) electrons. The van der Waals surface area contributed by atoms with E-state index < -0.39 is 24.0 Å². The zero-order valence-electron chi connectivity index (χ0n) is 12.7. The fourth-order valence-electron chi connectivity index (χ4n) is 2.14. The highest BCUT2D eigenvalue weighted by atomic mass is 16.5. The van der Waals surface area contributed by atoms with E-state index >= 15 is 0 Å². The Bertz CT molecular complexity index is 559. The highest BCUT2D eigenvalue weighted by molar-refractivity contribution is 5.97. The monoisotopic (exact) mass is 304 g/mol. The average Bonchev–Trinajstić information content (AvgIpc) is 3.22. The van der Waals surface area contributed by atoms with E-state index in [9.17, 15) is 14.4 Å². The number of rotatable bonds is 5. The number of urea groups is 1. The molecule has 1 fully saturated rings. The summed E-state index contributed by atoms with van der Waals surface area (Å²) in [7, 11) is 0. The number of imide groups is 1. The summed E-state index contributed by atoms with van der Waals surface area (Å²) in [6, 6.07) is 8.05. The van der Waals surface area contributed by atoms with Crippen LogP contribution in [0.3, 0.4) is 0 Å². The van der Waals surface area contributed by atoms with Crippen LogP contribution < -0.4 is 10.6 Å². The Kier molecular flexibility index (Phi) is 5.14. The molecule has 0 aliphatic heterocycles. The van der Waals surface area contributed by atoms with Crippen LogP contribution in [0.15, 0.2) is 30.3 Å². The molecule has 0 bridgehead atoms. The summed E-state index contributed by atoms with van der Waals surface area (Å²) in [6.45, 7) is 4.10. The van der Waals surface area contributed by atoms with Gasteiger partial charge in [-0.1, -0.05) is 37.3 Å². The van der Waals surface area contributed by atoms with Gasteiger partial charge in [0.15, 0.2) is 0 Å². The minimum absolute atomic E-state index is 0.150. The van der Waals surface area contributed by atoms with E-state index in [1.807, 2.05) is 6.92 Å². The zero-order valence-corrected chi connectivity index (χ0v) is 12.7. The topological polar surface area (TPSA) is 84.5 Å². The molecule has 2 N–H and O–H groups in total. The van der Waals surface area contributed by atoms with Crippen LogP contribution in [0.5, 0.6) is 0 Å². The van der Waals surface area contributed by atoms with Crippen molar-refractivity contribution in [3.8, 4) is 0 Å². The Morgan fingerprint density at radius 1 is 1.27 bits per heavy atom. The number of ether oxygens (including phenoxy) is 1. The lowest BCUT2D eigenvalue weighted by Crippen LogP contribution is -2.42. The molecule has 0 unspecified atom stereocenters. The van der Waals surface area contributed by atoms with Gasteiger partial charge in [-0.15, -0.1) is 0 Å². The number of hydrogen-bond acceptors (Lipinski definition) is 4. The molecule has 118 valence electrons. The van der Waals surface area contributed by atoms with Gasteiger partial charge in [-0.3, -0.25) is 14.9 Å². The van der Waals surface area contributed by atoms with Crippen LogP contribution in [-0.4, -0.2) is 24.5 Å². The first-order valence-electron chi connectivity index (χ1n) is 7.37. The Hall–Kier alpha value is -2.37. The van der Waals surface area contributed by atoms with Gasteiger partial charge in [0.05, 0.1) is 5.92 Å². The van der Waals surface area contributed by atoms with Crippen LogP contribution in [0, 0.1) is 11.8 Å². The van der Waals surface area contributed by atoms with Gasteiger partial charge < -0.3 is 10.1 Å². The fraction of sp³-hybridized carbons (Fsp3) is 0.438. The summed E-state index contributed by atoms with van der Waals surface area (Å²) in [5.74, 6) is -0.912. The molecule has 0 heterocycles. The van der Waals surface area contributed by atoms with Crippen LogP contribution in [-0.2, 0) is 14.3 Å². The summed E-state index contributed by atoms with van der Waals surface area (Å²) in [6.07, 6.45) is -0.345. The molecular weight excluding hydrogens is 284 g/mol. The minimum atomic E-state index is -1.12. The number of amides is 3. The number of hydrogen-bond donors (Lipinski definition) is 2. The van der Waals surface area contributed by atoms with E-state index in [1.165, 1.54) is 0 Å². The first-order chi connectivity index (χ1) is 10.5. The number of carbonyl (C=O) groups is 3. The molecule has 1 aromatic rings. The van der Waals surface area contributed by atoms with Crippen molar-refractivity contribution in [1.29, 1.82) is 0 Å². The summed E-state index contributed by atoms with van der Waals surface area (Å²) in [5.41, 5.74) is 0.533. The van der Waals surface area contributed by atoms with Crippen LogP contribution in [0.2, 0.25) is 0 Å². The van der Waals surface area contributed by atoms with E-state index in [-0.39, 0.29) is 11.8 Å². The first kappa shape index (κ1) is 16.0. The van der Waals surface area contributed by atoms with Crippen molar-refractivity contribution in [2.75, 3.05) is 6.54 Å². The molecular formula is C16H20N2O4. The third kappa shape index (κ3) is 4.07. The van der Waals surface area contributed by atoms with Gasteiger partial charge in [0, 0.05) is 12.1 Å². The van der Waals surface area contributed by atoms with Gasteiger partial charge in [0.25, 0.3) is 5.91 Å². The second-order valence-corrected chi connectivity index (χ2v) is 5.40. The van der Waals surface area contributed by atoms with E-state index in [4.69, 9.17) is 4.74 Å². The standard InChI is InChI=1S/C16H20N2O4/c1-3-17-16(21)18-14(19)13(11-7-5-4-6-8-11)22-15(20)12-9-10(12)2/h4-8,10,12-13H,3,9H2,1-2H3,(H2,17,18,19,21)/t10-,12-,13-/m0/s1. The Labute approximate surface area is 129 Å². The minimum Gasteiger partial charge on any atom is -0.447 e. The molecule has 0 aromatic heterocycles. The molecule has 3 atom stereocenters. The third-order valence-corrected chi connectivity index (χ3v) is 3.56. The van der Waals surface area contributed by atoms with E-state index in [1.54, 1.807) is 37.3 Å². The zero-order chi connectivity index (χ0) is 16.1. The number of esters is 1. The molecule has 1 aliphatic carbocycles. The molecule has 1 aliphatic rings. The van der Waals surface area contributed by atoms with Crippen LogP contribution in [0.1, 0.15) is 31.9 Å². The van der Waals surface area contributed by atoms with Crippen molar-refractivity contribution < 1.29 is 19.1 Å². The van der Waals surface area contributed by atoms with Crippen molar-refractivity contribution in [2.45, 2.75) is 26.4 Å². The summed E-state index contributed by atoms with van der Waals surface area (Å²) in [5, 5.41) is 4.66. The number of benzene rings is 1. The maximum atomic E-state index is 12.2. The predicted octanol–water partition coefficient (Wildman–Crippen LogP) is 1.77. The molecule has 1 saturated carbocycles. The molecule has 1 aromatic carbocycles. The highest BCUT2D eigenvalue weighted by Crippen LogP contribution is 2.39. The average molecular weight is 304 g/mol. The molecule has 22 heavy (non-hydrogen) atoms. The Morgan fingerprint density at radius 3 is 2.45 bits per heavy atom. The van der Waals surface area contributed by atoms with Gasteiger partial charge in [0.1, 0.15) is 0 Å². The Morgan fingerprint density at radius 2 is 1.91 bits per heavy atom. The maximum absolute atomic E-state index is 12.2. The number of carbonyl (C=O) groups excluding carboxylic acids is 3. The molecule has 6 nitrogen and oxygen atoms in total. The van der Waals surface area contributed by atoms with E-state index in [2.05, 4.69) is 10.6 Å². The molecule has 3 amide bonds. The van der Waals surface area contributed by atoms with Gasteiger partial charge in [-0.2, -0.15) is 0 Å². The van der Waals surface area contributed by atoms with Gasteiger partial charge in [-0.25, -0.2) is 4.79 Å². The van der Waals surface area contributed by atoms with Crippen LogP contribution in [0.25, 0.3) is 0 Å². The second kappa shape index (κ2) is 7.06. The molecule has 6 heteroatoms. The Balaban J connectivity index is 2.09. The predicted molar refractivity (Wildman–Crippen MR) is 79.8 cm³/mol. The largest absolute Gasteiger partial charge is 0.447 e. The first-order valence-corrected chi connectivity index (χ1v) is 7.37. The van der Waals surface area contributed by atoms with Crippen molar-refractivity contribution in [1.82, 2.24) is 10.6 Å². The van der Waals surface area contributed by atoms with E-state index in [0.29, 0.717) is 12.1 Å². The summed E-state index contributed by atoms with van der Waals surface area (Å²) < 4.78 is 5.34. The third-order valence-electron chi connectivity index (χ3n) is 3.56. The lowest BCUT2D eigenvalue weighted by molar-refractivity contribution is -0.157. The fourth-order valence-corrected chi connectivity index (χ4v) is 2.14. The smallest absolute Gasteiger partial charge is 0.321 e. The van der Waals surface area contributed by atoms with Crippen molar-refractivity contribution >= 4 is 17.9 Å². The summed E-state index contributed by atoms with van der Waals surface area (Å²) >= 11 is 0. The van der Waals surface area contributed by atoms with Crippen LogP contribution in [0.4, 0.5) is 4.79 Å². The quantitative estimate of drug-likeness (QED) is 0.812. The maximum Gasteiger partial charge on any atom is 0.321 e. The molecule has 2 rings (SSSR count). The lowest BCUT2D eigenvalue weighted by atomic mass is 10.1. The van der Waals surface area contributed by atoms with Crippen molar-refractivity contribution in [3.05, 3.63) is 35.9 Å². The van der Waals surface area contributed by atoms with Gasteiger partial charge >= 0.3 is 12.0 Å². The lowest BCUT2D eigenvalue weighted by Gasteiger charge is -2.17. The van der Waals surface area contributed by atoms with Crippen LogP contribution >= 0.6 is 0 Å². The van der Waals surface area contributed by atoms with Crippen molar-refractivity contribution in [2.24, 2.45) is 11.8 Å². The van der Waals surface area contributed by atoms with Gasteiger partial charge in [-0.05, 0) is 19.3 Å². The SMILES string of the molecule is CCNC(=O)NC(=O)[C@@H](OC(=O)[C@H]1C[C@@H]1C)c1ccccc1. The van der Waals surface area contributed by atoms with Gasteiger partial charge in [0.2, 0.25) is 6.10 Å². The molecule has 0 spiro atoms. The van der Waals surface area contributed by atoms with E-state index in [0.717, 1.165) is 6.42 Å². The van der Waals surface area contributed by atoms with Crippen molar-refractivity contribution in [3.63, 3.8) is 0 Å². The highest BCUT2D eigenvalue weighted by Gasteiger charge is 2.42. The normalized spacial score (nSPS) is 20.6. The number of nitrogens with one attached hydrogen (secondary N) is 2. The second-order valence-electron chi connectivity index (χ2n) is 5.40. The summed E-state index contributed by atoms with van der Waals surface area (Å²) in [4.78, 5) is 35.7. The molecule has 0 saturated heterocycles.